The van der Waals surface area contributed by atoms with Crippen molar-refractivity contribution in [2.75, 3.05) is 0 Å². The number of rotatable bonds is 1. The summed E-state index contributed by atoms with van der Waals surface area (Å²) < 4.78 is 0. The molecule has 0 fully saturated rings. The minimum Gasteiger partial charge on any atom is -0.374 e. The Kier molecular flexibility index (Phi) is 1.99. The maximum Gasteiger partial charge on any atom is 0.130 e. The second-order valence-corrected chi connectivity index (χ2v) is 2.24. The van der Waals surface area contributed by atoms with Crippen LogP contribution in [0.15, 0.2) is 18.5 Å². The Balaban J connectivity index is 2.96. The molecule has 0 saturated carbocycles. The standard InChI is InChI=1S/C7H10N2O/c1-5-2-6(7(8)10)4-9-3-5/h2-4,7,10H,8H2,1H3. The van der Waals surface area contributed by atoms with Crippen molar-refractivity contribution in [2.45, 2.75) is 13.2 Å². The van der Waals surface area contributed by atoms with Crippen LogP contribution in [0.1, 0.15) is 17.4 Å². The summed E-state index contributed by atoms with van der Waals surface area (Å²) in [7, 11) is 0. The number of hydrogen-bond donors (Lipinski definition) is 2. The van der Waals surface area contributed by atoms with Gasteiger partial charge in [0.2, 0.25) is 0 Å². The Hall–Kier alpha value is -0.930. The van der Waals surface area contributed by atoms with Crippen LogP contribution in [0.25, 0.3) is 0 Å². The number of pyridine rings is 1. The van der Waals surface area contributed by atoms with E-state index in [1.807, 2.05) is 6.92 Å². The first kappa shape index (κ1) is 7.18. The van der Waals surface area contributed by atoms with Crippen LogP contribution >= 0.6 is 0 Å². The van der Waals surface area contributed by atoms with Crippen LogP contribution in [0, 0.1) is 6.92 Å². The molecule has 1 aromatic heterocycles. The molecule has 1 heterocycles. The predicted octanol–water partition coefficient (Wildman–Crippen LogP) is 0.340. The summed E-state index contributed by atoms with van der Waals surface area (Å²) in [5, 5.41) is 8.89. The summed E-state index contributed by atoms with van der Waals surface area (Å²) in [5.41, 5.74) is 6.85. The van der Waals surface area contributed by atoms with Gasteiger partial charge in [-0.1, -0.05) is 0 Å². The van der Waals surface area contributed by atoms with Gasteiger partial charge in [-0.3, -0.25) is 4.98 Å². The van der Waals surface area contributed by atoms with Crippen molar-refractivity contribution in [1.82, 2.24) is 4.98 Å². The molecule has 54 valence electrons. The lowest BCUT2D eigenvalue weighted by Crippen LogP contribution is -2.08. The molecule has 1 aromatic rings. The molecule has 10 heavy (non-hydrogen) atoms. The van der Waals surface area contributed by atoms with Gasteiger partial charge < -0.3 is 10.8 Å². The SMILES string of the molecule is Cc1cncc(C(N)O)c1. The van der Waals surface area contributed by atoms with E-state index in [0.29, 0.717) is 5.56 Å². The molecule has 0 bridgehead atoms. The largest absolute Gasteiger partial charge is 0.374 e. The van der Waals surface area contributed by atoms with Gasteiger partial charge in [0.1, 0.15) is 6.23 Å². The van der Waals surface area contributed by atoms with Crippen LogP contribution in [0.3, 0.4) is 0 Å². The molecule has 0 amide bonds. The van der Waals surface area contributed by atoms with E-state index in [-0.39, 0.29) is 0 Å². The fourth-order valence-corrected chi connectivity index (χ4v) is 0.740. The van der Waals surface area contributed by atoms with Crippen molar-refractivity contribution in [2.24, 2.45) is 5.73 Å². The fraction of sp³-hybridized carbons (Fsp3) is 0.286. The van der Waals surface area contributed by atoms with Gasteiger partial charge in [-0.15, -0.1) is 0 Å². The highest BCUT2D eigenvalue weighted by atomic mass is 16.3. The summed E-state index contributed by atoms with van der Waals surface area (Å²) >= 11 is 0. The van der Waals surface area contributed by atoms with E-state index in [4.69, 9.17) is 10.8 Å². The van der Waals surface area contributed by atoms with Crippen LogP contribution in [-0.2, 0) is 0 Å². The molecule has 0 spiro atoms. The molecule has 0 saturated heterocycles. The molecule has 3 heteroatoms. The third-order valence-corrected chi connectivity index (χ3v) is 1.24. The van der Waals surface area contributed by atoms with E-state index in [2.05, 4.69) is 4.98 Å². The fourth-order valence-electron chi connectivity index (χ4n) is 0.740. The van der Waals surface area contributed by atoms with Gasteiger partial charge in [0.05, 0.1) is 0 Å². The Morgan fingerprint density at radius 3 is 2.70 bits per heavy atom. The van der Waals surface area contributed by atoms with Crippen molar-refractivity contribution >= 4 is 0 Å². The van der Waals surface area contributed by atoms with Gasteiger partial charge in [-0.25, -0.2) is 0 Å². The third-order valence-electron chi connectivity index (χ3n) is 1.24. The predicted molar refractivity (Wildman–Crippen MR) is 38.1 cm³/mol. The Morgan fingerprint density at radius 2 is 2.30 bits per heavy atom. The third kappa shape index (κ3) is 1.52. The van der Waals surface area contributed by atoms with Gasteiger partial charge in [-0.2, -0.15) is 0 Å². The van der Waals surface area contributed by atoms with Crippen LogP contribution in [0.4, 0.5) is 0 Å². The summed E-state index contributed by atoms with van der Waals surface area (Å²) in [6.07, 6.45) is 2.36. The van der Waals surface area contributed by atoms with Crippen molar-refractivity contribution in [3.8, 4) is 0 Å². The van der Waals surface area contributed by atoms with Gasteiger partial charge in [0.15, 0.2) is 0 Å². The zero-order valence-corrected chi connectivity index (χ0v) is 5.78. The number of aliphatic hydroxyl groups excluding tert-OH is 1. The maximum absolute atomic E-state index is 8.89. The summed E-state index contributed by atoms with van der Waals surface area (Å²) in [4.78, 5) is 3.87. The lowest BCUT2D eigenvalue weighted by atomic mass is 10.2. The van der Waals surface area contributed by atoms with Gasteiger partial charge in [0.25, 0.3) is 0 Å². The highest BCUT2D eigenvalue weighted by Gasteiger charge is 1.99. The molecular weight excluding hydrogens is 128 g/mol. The average Bonchev–Trinajstić information content (AvgIpc) is 1.88. The first-order valence-electron chi connectivity index (χ1n) is 3.05. The zero-order chi connectivity index (χ0) is 7.56. The molecule has 0 aliphatic rings. The molecule has 0 aliphatic carbocycles. The van der Waals surface area contributed by atoms with E-state index in [9.17, 15) is 0 Å². The van der Waals surface area contributed by atoms with Gasteiger partial charge in [-0.05, 0) is 18.6 Å². The molecule has 1 atom stereocenters. The number of hydrogen-bond acceptors (Lipinski definition) is 3. The highest BCUT2D eigenvalue weighted by molar-refractivity contribution is 5.17. The number of aryl methyl sites for hydroxylation is 1. The number of nitrogens with two attached hydrogens (primary N) is 1. The molecule has 0 aliphatic heterocycles. The van der Waals surface area contributed by atoms with Crippen LogP contribution in [0.2, 0.25) is 0 Å². The second kappa shape index (κ2) is 2.77. The van der Waals surface area contributed by atoms with E-state index >= 15 is 0 Å². The van der Waals surface area contributed by atoms with Crippen LogP contribution < -0.4 is 5.73 Å². The average molecular weight is 138 g/mol. The molecule has 1 unspecified atom stereocenters. The summed E-state index contributed by atoms with van der Waals surface area (Å²) in [5.74, 6) is 0. The zero-order valence-electron chi connectivity index (χ0n) is 5.78. The molecule has 1 rings (SSSR count). The topological polar surface area (TPSA) is 59.1 Å². The molecule has 0 radical (unpaired) electrons. The number of aromatic nitrogens is 1. The lowest BCUT2D eigenvalue weighted by molar-refractivity contribution is 0.186. The highest BCUT2D eigenvalue weighted by Crippen LogP contribution is 2.06. The quantitative estimate of drug-likeness (QED) is 0.550. The molecule has 0 aromatic carbocycles. The molecule has 3 nitrogen and oxygen atoms in total. The number of aliphatic hydroxyl groups is 1. The van der Waals surface area contributed by atoms with Crippen molar-refractivity contribution in [1.29, 1.82) is 0 Å². The monoisotopic (exact) mass is 138 g/mol. The van der Waals surface area contributed by atoms with E-state index in [1.165, 1.54) is 0 Å². The second-order valence-electron chi connectivity index (χ2n) is 2.24. The van der Waals surface area contributed by atoms with Crippen molar-refractivity contribution in [3.05, 3.63) is 29.6 Å². The lowest BCUT2D eigenvalue weighted by Gasteiger charge is -2.02. The van der Waals surface area contributed by atoms with Crippen molar-refractivity contribution < 1.29 is 5.11 Å². The van der Waals surface area contributed by atoms with E-state index < -0.39 is 6.23 Å². The normalized spacial score (nSPS) is 13.1. The van der Waals surface area contributed by atoms with E-state index in [0.717, 1.165) is 5.56 Å². The maximum atomic E-state index is 8.89. The van der Waals surface area contributed by atoms with E-state index in [1.54, 1.807) is 18.5 Å². The summed E-state index contributed by atoms with van der Waals surface area (Å²) in [6.45, 7) is 1.90. The Morgan fingerprint density at radius 1 is 1.60 bits per heavy atom. The summed E-state index contributed by atoms with van der Waals surface area (Å²) in [6, 6.07) is 1.80. The van der Waals surface area contributed by atoms with Gasteiger partial charge >= 0.3 is 0 Å². The Bertz CT molecular complexity index is 223. The minimum atomic E-state index is -0.910. The molecule has 3 N–H and O–H groups in total. The number of nitrogens with zero attached hydrogens (tertiary/aromatic N) is 1. The first-order chi connectivity index (χ1) is 4.70. The minimum absolute atomic E-state index is 0.653. The Labute approximate surface area is 59.5 Å². The smallest absolute Gasteiger partial charge is 0.130 e. The first-order valence-corrected chi connectivity index (χ1v) is 3.05. The van der Waals surface area contributed by atoms with Crippen LogP contribution in [-0.4, -0.2) is 10.1 Å². The van der Waals surface area contributed by atoms with Crippen molar-refractivity contribution in [3.63, 3.8) is 0 Å². The van der Waals surface area contributed by atoms with Crippen LogP contribution in [0.5, 0.6) is 0 Å². The molecular formula is C7H10N2O. The van der Waals surface area contributed by atoms with Gasteiger partial charge in [0, 0.05) is 18.0 Å².